The van der Waals surface area contributed by atoms with Crippen molar-refractivity contribution in [3.8, 4) is 0 Å². The van der Waals surface area contributed by atoms with Gasteiger partial charge in [-0.05, 0) is 42.2 Å². The van der Waals surface area contributed by atoms with Crippen molar-refractivity contribution in [1.82, 2.24) is 0 Å². The van der Waals surface area contributed by atoms with Crippen molar-refractivity contribution in [3.63, 3.8) is 0 Å². The molecule has 0 heterocycles. The molecule has 0 aromatic heterocycles. The summed E-state index contributed by atoms with van der Waals surface area (Å²) in [6.07, 6.45) is -0.389. The van der Waals surface area contributed by atoms with Gasteiger partial charge >= 0.3 is 6.18 Å². The summed E-state index contributed by atoms with van der Waals surface area (Å²) in [5, 5.41) is 0. The SMILES string of the molecule is CC1(C)CCCC1C(N)Cc1cccc(C(F)(F)F)c1. The summed E-state index contributed by atoms with van der Waals surface area (Å²) in [4.78, 5) is 0. The first-order valence-electron chi connectivity index (χ1n) is 7.12. The van der Waals surface area contributed by atoms with Crippen LogP contribution in [0.3, 0.4) is 0 Å². The molecule has 1 fully saturated rings. The molecule has 1 aliphatic rings. The van der Waals surface area contributed by atoms with E-state index in [2.05, 4.69) is 13.8 Å². The van der Waals surface area contributed by atoms with E-state index in [4.69, 9.17) is 5.73 Å². The Morgan fingerprint density at radius 1 is 1.35 bits per heavy atom. The predicted molar refractivity (Wildman–Crippen MR) is 74.2 cm³/mol. The van der Waals surface area contributed by atoms with E-state index in [-0.39, 0.29) is 11.5 Å². The molecule has 1 saturated carbocycles. The molecule has 0 bridgehead atoms. The molecule has 2 unspecified atom stereocenters. The van der Waals surface area contributed by atoms with Crippen LogP contribution < -0.4 is 5.73 Å². The number of alkyl halides is 3. The van der Waals surface area contributed by atoms with Crippen LogP contribution in [-0.2, 0) is 12.6 Å². The lowest BCUT2D eigenvalue weighted by Crippen LogP contribution is -2.38. The summed E-state index contributed by atoms with van der Waals surface area (Å²) in [5.41, 5.74) is 6.55. The zero-order chi connectivity index (χ0) is 15.0. The van der Waals surface area contributed by atoms with E-state index in [0.29, 0.717) is 17.9 Å². The Labute approximate surface area is 118 Å². The van der Waals surface area contributed by atoms with Crippen LogP contribution in [0, 0.1) is 11.3 Å². The number of hydrogen-bond acceptors (Lipinski definition) is 1. The molecule has 0 aliphatic heterocycles. The van der Waals surface area contributed by atoms with Crippen LogP contribution in [0.1, 0.15) is 44.2 Å². The van der Waals surface area contributed by atoms with Crippen molar-refractivity contribution < 1.29 is 13.2 Å². The van der Waals surface area contributed by atoms with Gasteiger partial charge in [0.1, 0.15) is 0 Å². The monoisotopic (exact) mass is 285 g/mol. The molecule has 1 aliphatic carbocycles. The van der Waals surface area contributed by atoms with E-state index in [9.17, 15) is 13.2 Å². The van der Waals surface area contributed by atoms with Crippen molar-refractivity contribution in [2.24, 2.45) is 17.1 Å². The van der Waals surface area contributed by atoms with Crippen molar-refractivity contribution in [1.29, 1.82) is 0 Å². The van der Waals surface area contributed by atoms with Crippen molar-refractivity contribution in [2.75, 3.05) is 0 Å². The average Bonchev–Trinajstić information content (AvgIpc) is 2.68. The third-order valence-corrected chi connectivity index (χ3v) is 4.58. The number of halogens is 3. The molecular formula is C16H22F3N. The summed E-state index contributed by atoms with van der Waals surface area (Å²) in [5.74, 6) is 0.386. The fourth-order valence-electron chi connectivity index (χ4n) is 3.44. The van der Waals surface area contributed by atoms with Gasteiger partial charge in [-0.25, -0.2) is 0 Å². The Balaban J connectivity index is 2.10. The number of benzene rings is 1. The van der Waals surface area contributed by atoms with Crippen LogP contribution >= 0.6 is 0 Å². The molecule has 1 aromatic carbocycles. The lowest BCUT2D eigenvalue weighted by Gasteiger charge is -2.32. The van der Waals surface area contributed by atoms with Crippen molar-refractivity contribution in [2.45, 2.75) is 51.7 Å². The Bertz CT molecular complexity index is 465. The molecule has 2 N–H and O–H groups in total. The Kier molecular flexibility index (Phi) is 4.14. The number of rotatable bonds is 3. The van der Waals surface area contributed by atoms with Gasteiger partial charge in [-0.3, -0.25) is 0 Å². The Morgan fingerprint density at radius 3 is 2.60 bits per heavy atom. The van der Waals surface area contributed by atoms with E-state index >= 15 is 0 Å². The van der Waals surface area contributed by atoms with Gasteiger partial charge < -0.3 is 5.73 Å². The van der Waals surface area contributed by atoms with Crippen LogP contribution in [-0.4, -0.2) is 6.04 Å². The molecule has 0 amide bonds. The van der Waals surface area contributed by atoms with E-state index in [1.807, 2.05) is 0 Å². The third-order valence-electron chi connectivity index (χ3n) is 4.58. The molecule has 4 heteroatoms. The largest absolute Gasteiger partial charge is 0.416 e. The zero-order valence-electron chi connectivity index (χ0n) is 12.0. The van der Waals surface area contributed by atoms with Crippen LogP contribution in [0.15, 0.2) is 24.3 Å². The van der Waals surface area contributed by atoms with Crippen LogP contribution in [0.4, 0.5) is 13.2 Å². The molecule has 1 nitrogen and oxygen atoms in total. The van der Waals surface area contributed by atoms with Gasteiger partial charge in [0.15, 0.2) is 0 Å². The highest BCUT2D eigenvalue weighted by atomic mass is 19.4. The van der Waals surface area contributed by atoms with Gasteiger partial charge in [0, 0.05) is 6.04 Å². The minimum atomic E-state index is -4.28. The molecule has 1 aromatic rings. The first kappa shape index (κ1) is 15.4. The summed E-state index contributed by atoms with van der Waals surface area (Å²) < 4.78 is 38.1. The molecular weight excluding hydrogens is 263 g/mol. The summed E-state index contributed by atoms with van der Waals surface area (Å²) in [7, 11) is 0. The normalized spacial score (nSPS) is 23.8. The second kappa shape index (κ2) is 5.40. The van der Waals surface area contributed by atoms with Gasteiger partial charge in [0.05, 0.1) is 5.56 Å². The van der Waals surface area contributed by atoms with Crippen LogP contribution in [0.25, 0.3) is 0 Å². The summed E-state index contributed by atoms with van der Waals surface area (Å²) in [6.45, 7) is 4.41. The lowest BCUT2D eigenvalue weighted by atomic mass is 9.76. The fourth-order valence-corrected chi connectivity index (χ4v) is 3.44. The van der Waals surface area contributed by atoms with Gasteiger partial charge in [-0.1, -0.05) is 38.5 Å². The minimum Gasteiger partial charge on any atom is -0.327 e. The van der Waals surface area contributed by atoms with E-state index in [1.165, 1.54) is 12.1 Å². The fraction of sp³-hybridized carbons (Fsp3) is 0.625. The van der Waals surface area contributed by atoms with Crippen LogP contribution in [0.5, 0.6) is 0 Å². The lowest BCUT2D eigenvalue weighted by molar-refractivity contribution is -0.137. The first-order chi connectivity index (χ1) is 9.20. The van der Waals surface area contributed by atoms with Gasteiger partial charge in [0.25, 0.3) is 0 Å². The van der Waals surface area contributed by atoms with Crippen molar-refractivity contribution in [3.05, 3.63) is 35.4 Å². The second-order valence-corrected chi connectivity index (χ2v) is 6.55. The second-order valence-electron chi connectivity index (χ2n) is 6.55. The smallest absolute Gasteiger partial charge is 0.327 e. The predicted octanol–water partition coefficient (Wildman–Crippen LogP) is 4.40. The molecule has 0 saturated heterocycles. The topological polar surface area (TPSA) is 26.0 Å². The number of nitrogens with two attached hydrogens (primary N) is 1. The maximum atomic E-state index is 12.7. The molecule has 20 heavy (non-hydrogen) atoms. The summed E-state index contributed by atoms with van der Waals surface area (Å²) >= 11 is 0. The minimum absolute atomic E-state index is 0.0732. The quantitative estimate of drug-likeness (QED) is 0.875. The van der Waals surface area contributed by atoms with E-state index < -0.39 is 11.7 Å². The standard InChI is InChI=1S/C16H22F3N/c1-15(2)8-4-7-13(15)14(20)10-11-5-3-6-12(9-11)16(17,18)19/h3,5-6,9,13-14H,4,7-8,10,20H2,1-2H3. The molecule has 2 rings (SSSR count). The highest BCUT2D eigenvalue weighted by molar-refractivity contribution is 5.26. The van der Waals surface area contributed by atoms with Crippen LogP contribution in [0.2, 0.25) is 0 Å². The molecule has 0 radical (unpaired) electrons. The molecule has 112 valence electrons. The maximum absolute atomic E-state index is 12.7. The van der Waals surface area contributed by atoms with Gasteiger partial charge in [0.2, 0.25) is 0 Å². The highest BCUT2D eigenvalue weighted by Crippen LogP contribution is 2.44. The van der Waals surface area contributed by atoms with Gasteiger partial charge in [-0.15, -0.1) is 0 Å². The Hall–Kier alpha value is -1.03. The zero-order valence-corrected chi connectivity index (χ0v) is 12.0. The Morgan fingerprint density at radius 2 is 2.05 bits per heavy atom. The maximum Gasteiger partial charge on any atom is 0.416 e. The third kappa shape index (κ3) is 3.35. The highest BCUT2D eigenvalue weighted by Gasteiger charge is 2.38. The van der Waals surface area contributed by atoms with Crippen molar-refractivity contribution >= 4 is 0 Å². The molecule has 2 atom stereocenters. The van der Waals surface area contributed by atoms with Gasteiger partial charge in [-0.2, -0.15) is 13.2 Å². The van der Waals surface area contributed by atoms with E-state index in [0.717, 1.165) is 25.3 Å². The molecule has 0 spiro atoms. The number of hydrogen-bond donors (Lipinski definition) is 1. The van der Waals surface area contributed by atoms with E-state index in [1.54, 1.807) is 6.07 Å². The average molecular weight is 285 g/mol. The summed E-state index contributed by atoms with van der Waals surface area (Å²) in [6, 6.07) is 5.45. The first-order valence-corrected chi connectivity index (χ1v) is 7.12.